The number of esters is 2. The summed E-state index contributed by atoms with van der Waals surface area (Å²) in [6, 6.07) is 6.79. The highest BCUT2D eigenvalue weighted by atomic mass is 16.6. The van der Waals surface area contributed by atoms with Crippen LogP contribution in [0.5, 0.6) is 0 Å². The zero-order valence-corrected chi connectivity index (χ0v) is 21.0. The smallest absolute Gasteiger partial charge is 0.323 e. The minimum absolute atomic E-state index is 0.128. The van der Waals surface area contributed by atoms with Crippen molar-refractivity contribution in [2.75, 3.05) is 18.5 Å². The first-order valence-corrected chi connectivity index (χ1v) is 11.8. The molecular weight excluding hydrogens is 468 g/mol. The second-order valence-corrected chi connectivity index (χ2v) is 8.28. The number of urea groups is 1. The normalized spacial score (nSPS) is 19.6. The molecule has 1 aromatic carbocycles. The summed E-state index contributed by atoms with van der Waals surface area (Å²) in [7, 11) is 0. The third-order valence-corrected chi connectivity index (χ3v) is 5.07. The standard InChI is InChI=1S/C25H34N4O7/c1-5-6-11-26-13-19(14-27-20-9-7-16(2)8-10-20)24(32)29-25(33)28-23-12-21(35-18(4)31)22(36-23)15-34-17(3)30/h7-10,13-14,21-23,27H,5-6,11-12,15H2,1-4H3,(H2,28,29,32,33)/b19-14-,26-13?/t21-,22+,23+/m0/s1. The van der Waals surface area contributed by atoms with Gasteiger partial charge in [0.2, 0.25) is 0 Å². The summed E-state index contributed by atoms with van der Waals surface area (Å²) >= 11 is 0. The molecule has 3 atom stereocenters. The van der Waals surface area contributed by atoms with Gasteiger partial charge in [0.1, 0.15) is 25.0 Å². The molecule has 3 N–H and O–H groups in total. The number of carbonyl (C=O) groups excluding carboxylic acids is 4. The number of rotatable bonds is 11. The maximum atomic E-state index is 12.8. The van der Waals surface area contributed by atoms with Gasteiger partial charge in [-0.25, -0.2) is 4.79 Å². The van der Waals surface area contributed by atoms with E-state index in [1.165, 1.54) is 26.3 Å². The van der Waals surface area contributed by atoms with Crippen molar-refractivity contribution in [3.63, 3.8) is 0 Å². The van der Waals surface area contributed by atoms with Gasteiger partial charge in [0.25, 0.3) is 5.91 Å². The third kappa shape index (κ3) is 10.3. The summed E-state index contributed by atoms with van der Waals surface area (Å²) in [6.07, 6.45) is 2.51. The minimum atomic E-state index is -0.862. The number of nitrogens with zero attached hydrogens (tertiary/aromatic N) is 1. The summed E-state index contributed by atoms with van der Waals surface area (Å²) in [4.78, 5) is 52.0. The molecule has 1 aliphatic heterocycles. The van der Waals surface area contributed by atoms with Crippen LogP contribution >= 0.6 is 0 Å². The lowest BCUT2D eigenvalue weighted by Crippen LogP contribution is -2.45. The Bertz CT molecular complexity index is 975. The highest BCUT2D eigenvalue weighted by Gasteiger charge is 2.39. The van der Waals surface area contributed by atoms with Crippen LogP contribution in [0.15, 0.2) is 41.0 Å². The van der Waals surface area contributed by atoms with E-state index in [0.717, 1.165) is 24.1 Å². The molecule has 1 aromatic rings. The minimum Gasteiger partial charge on any atom is -0.463 e. The lowest BCUT2D eigenvalue weighted by molar-refractivity contribution is -0.155. The van der Waals surface area contributed by atoms with Gasteiger partial charge in [-0.15, -0.1) is 0 Å². The summed E-state index contributed by atoms with van der Waals surface area (Å²) in [6.45, 7) is 6.91. The average molecular weight is 503 g/mol. The molecule has 0 aromatic heterocycles. The Morgan fingerprint density at radius 1 is 1.14 bits per heavy atom. The van der Waals surface area contributed by atoms with E-state index >= 15 is 0 Å². The molecule has 1 saturated heterocycles. The molecule has 1 aliphatic rings. The molecule has 3 amide bonds. The van der Waals surface area contributed by atoms with E-state index in [2.05, 4.69) is 20.9 Å². The number of aliphatic imine (C=N–C) groups is 1. The number of anilines is 1. The lowest BCUT2D eigenvalue weighted by Gasteiger charge is -2.17. The Hall–Kier alpha value is -3.73. The second-order valence-electron chi connectivity index (χ2n) is 8.28. The van der Waals surface area contributed by atoms with Crippen molar-refractivity contribution in [1.29, 1.82) is 0 Å². The molecule has 2 rings (SSSR count). The predicted octanol–water partition coefficient (Wildman–Crippen LogP) is 2.60. The van der Waals surface area contributed by atoms with Gasteiger partial charge in [-0.1, -0.05) is 31.0 Å². The second kappa shape index (κ2) is 14.6. The fourth-order valence-corrected chi connectivity index (χ4v) is 3.24. The van der Waals surface area contributed by atoms with Gasteiger partial charge in [0.15, 0.2) is 0 Å². The SMILES string of the molecule is CCCCN=C/C(=C/Nc1ccc(C)cc1)C(=O)NC(=O)N[C@H]1C[C@H](OC(C)=O)[C@@H](COC(C)=O)O1. The van der Waals surface area contributed by atoms with E-state index in [-0.39, 0.29) is 18.6 Å². The first kappa shape index (κ1) is 28.5. The summed E-state index contributed by atoms with van der Waals surface area (Å²) < 4.78 is 15.8. The zero-order valence-electron chi connectivity index (χ0n) is 21.0. The van der Waals surface area contributed by atoms with Crippen LogP contribution in [0.1, 0.15) is 45.6 Å². The van der Waals surface area contributed by atoms with Crippen molar-refractivity contribution in [3.8, 4) is 0 Å². The molecule has 36 heavy (non-hydrogen) atoms. The van der Waals surface area contributed by atoms with Crippen LogP contribution in [0.2, 0.25) is 0 Å². The van der Waals surface area contributed by atoms with Gasteiger partial charge < -0.3 is 24.8 Å². The molecule has 0 bridgehead atoms. The van der Waals surface area contributed by atoms with E-state index in [0.29, 0.717) is 6.54 Å². The fraction of sp³-hybridized carbons (Fsp3) is 0.480. The summed E-state index contributed by atoms with van der Waals surface area (Å²) in [5.74, 6) is -1.72. The largest absolute Gasteiger partial charge is 0.463 e. The fourth-order valence-electron chi connectivity index (χ4n) is 3.24. The number of hydrogen-bond acceptors (Lipinski definition) is 9. The molecule has 1 heterocycles. The number of nitrogens with one attached hydrogen (secondary N) is 3. The average Bonchev–Trinajstić information content (AvgIpc) is 3.18. The molecule has 11 heteroatoms. The van der Waals surface area contributed by atoms with Crippen molar-refractivity contribution in [1.82, 2.24) is 10.6 Å². The lowest BCUT2D eigenvalue weighted by atomic mass is 10.2. The molecule has 0 spiro atoms. The number of ether oxygens (including phenoxy) is 3. The number of hydrogen-bond donors (Lipinski definition) is 3. The Balaban J connectivity index is 2.01. The molecule has 0 saturated carbocycles. The maximum absolute atomic E-state index is 12.8. The molecule has 0 aliphatic carbocycles. The third-order valence-electron chi connectivity index (χ3n) is 5.07. The van der Waals surface area contributed by atoms with Crippen LogP contribution < -0.4 is 16.0 Å². The van der Waals surface area contributed by atoms with Gasteiger partial charge in [-0.05, 0) is 25.5 Å². The molecule has 1 fully saturated rings. The molecule has 0 unspecified atom stereocenters. The molecule has 11 nitrogen and oxygen atoms in total. The van der Waals surface area contributed by atoms with Crippen LogP contribution in [0.4, 0.5) is 10.5 Å². The van der Waals surface area contributed by atoms with Gasteiger partial charge in [0.05, 0.1) is 5.57 Å². The van der Waals surface area contributed by atoms with Crippen LogP contribution in [0, 0.1) is 6.92 Å². The topological polar surface area (TPSA) is 144 Å². The summed E-state index contributed by atoms with van der Waals surface area (Å²) in [5, 5.41) is 7.81. The molecule has 0 radical (unpaired) electrons. The molecular formula is C25H34N4O7. The van der Waals surface area contributed by atoms with Crippen molar-refractivity contribution < 1.29 is 33.4 Å². The Morgan fingerprint density at radius 3 is 2.50 bits per heavy atom. The number of benzene rings is 1. The van der Waals surface area contributed by atoms with Crippen LogP contribution in [0.25, 0.3) is 0 Å². The first-order chi connectivity index (χ1) is 17.2. The predicted molar refractivity (Wildman–Crippen MR) is 133 cm³/mol. The van der Waals surface area contributed by atoms with Crippen molar-refractivity contribution in [2.24, 2.45) is 4.99 Å². The monoisotopic (exact) mass is 502 g/mol. The van der Waals surface area contributed by atoms with Gasteiger partial charge in [0, 0.05) is 44.9 Å². The van der Waals surface area contributed by atoms with Crippen LogP contribution in [-0.2, 0) is 28.6 Å². The Morgan fingerprint density at radius 2 is 1.86 bits per heavy atom. The quantitative estimate of drug-likeness (QED) is 0.181. The van der Waals surface area contributed by atoms with Crippen LogP contribution in [0.3, 0.4) is 0 Å². The molecule has 196 valence electrons. The maximum Gasteiger partial charge on any atom is 0.323 e. The highest BCUT2D eigenvalue weighted by molar-refractivity contribution is 6.16. The zero-order chi connectivity index (χ0) is 26.5. The van der Waals surface area contributed by atoms with Gasteiger partial charge in [-0.3, -0.25) is 24.7 Å². The van der Waals surface area contributed by atoms with Crippen molar-refractivity contribution in [3.05, 3.63) is 41.6 Å². The number of imide groups is 1. The number of amides is 3. The Kier molecular flexibility index (Phi) is 11.6. The first-order valence-electron chi connectivity index (χ1n) is 11.8. The van der Waals surface area contributed by atoms with Gasteiger partial charge >= 0.3 is 18.0 Å². The number of unbranched alkanes of at least 4 members (excludes halogenated alkanes) is 1. The van der Waals surface area contributed by atoms with E-state index in [4.69, 9.17) is 14.2 Å². The van der Waals surface area contributed by atoms with Crippen LogP contribution in [-0.4, -0.2) is 61.7 Å². The highest BCUT2D eigenvalue weighted by Crippen LogP contribution is 2.22. The number of carbonyl (C=O) groups is 4. The van der Waals surface area contributed by atoms with Crippen molar-refractivity contribution in [2.45, 2.75) is 65.4 Å². The van der Waals surface area contributed by atoms with E-state index in [1.807, 2.05) is 38.1 Å². The van der Waals surface area contributed by atoms with E-state index in [1.54, 1.807) is 0 Å². The number of aryl methyl sites for hydroxylation is 1. The van der Waals surface area contributed by atoms with Crippen molar-refractivity contribution >= 4 is 35.8 Å². The van der Waals surface area contributed by atoms with E-state index < -0.39 is 42.3 Å². The van der Waals surface area contributed by atoms with Gasteiger partial charge in [-0.2, -0.15) is 0 Å². The van der Waals surface area contributed by atoms with E-state index in [9.17, 15) is 19.2 Å². The summed E-state index contributed by atoms with van der Waals surface area (Å²) in [5.41, 5.74) is 2.02. The Labute approximate surface area is 210 Å².